The number of carbonyl (C=O) groups excluding carboxylic acids is 1. The molecule has 0 aromatic heterocycles. The lowest BCUT2D eigenvalue weighted by Crippen LogP contribution is -2.33. The molecule has 0 spiro atoms. The Labute approximate surface area is 139 Å². The second-order valence-electron chi connectivity index (χ2n) is 5.86. The van der Waals surface area contributed by atoms with Gasteiger partial charge in [-0.1, -0.05) is 25.5 Å². The molecule has 1 aromatic carbocycles. The molecule has 1 unspecified atom stereocenters. The standard InChI is InChI=1S/C17H26N2O2.ClH/c1-3-16(12-7-9-14(21-2)10-8-12)19-17(20)11-13-5-4-6-15(13)18;/h7-10,13,15-16H,3-6,11,18H2,1-2H3,(H,19,20);1H/t13-,15+,16?;/m0./s1. The van der Waals surface area contributed by atoms with E-state index in [-0.39, 0.29) is 30.4 Å². The van der Waals surface area contributed by atoms with Crippen LogP contribution in [0.2, 0.25) is 0 Å². The van der Waals surface area contributed by atoms with E-state index in [1.54, 1.807) is 7.11 Å². The van der Waals surface area contributed by atoms with Crippen molar-refractivity contribution in [3.8, 4) is 5.75 Å². The monoisotopic (exact) mass is 326 g/mol. The van der Waals surface area contributed by atoms with Gasteiger partial charge in [-0.15, -0.1) is 12.4 Å². The Balaban J connectivity index is 0.00000242. The van der Waals surface area contributed by atoms with Gasteiger partial charge in [-0.05, 0) is 42.9 Å². The van der Waals surface area contributed by atoms with Gasteiger partial charge in [0.2, 0.25) is 5.91 Å². The fourth-order valence-electron chi connectivity index (χ4n) is 3.07. The van der Waals surface area contributed by atoms with Crippen LogP contribution in [0.4, 0.5) is 0 Å². The Kier molecular flexibility index (Phi) is 7.69. The van der Waals surface area contributed by atoms with Crippen LogP contribution in [0.1, 0.15) is 50.6 Å². The van der Waals surface area contributed by atoms with Gasteiger partial charge in [0, 0.05) is 12.5 Å². The molecule has 124 valence electrons. The molecule has 5 heteroatoms. The van der Waals surface area contributed by atoms with Gasteiger partial charge >= 0.3 is 0 Å². The molecular weight excluding hydrogens is 300 g/mol. The molecule has 1 aromatic rings. The normalized spacial score (nSPS) is 21.8. The van der Waals surface area contributed by atoms with Crippen molar-refractivity contribution >= 4 is 18.3 Å². The van der Waals surface area contributed by atoms with Crippen molar-refractivity contribution in [1.82, 2.24) is 5.32 Å². The van der Waals surface area contributed by atoms with E-state index in [9.17, 15) is 4.79 Å². The van der Waals surface area contributed by atoms with Crippen LogP contribution >= 0.6 is 12.4 Å². The molecule has 1 aliphatic rings. The third kappa shape index (κ3) is 4.89. The summed E-state index contributed by atoms with van der Waals surface area (Å²) in [7, 11) is 1.65. The van der Waals surface area contributed by atoms with E-state index in [1.807, 2.05) is 24.3 Å². The summed E-state index contributed by atoms with van der Waals surface area (Å²) in [5.41, 5.74) is 7.15. The number of nitrogens with two attached hydrogens (primary N) is 1. The highest BCUT2D eigenvalue weighted by atomic mass is 35.5. The fraction of sp³-hybridized carbons (Fsp3) is 0.588. The van der Waals surface area contributed by atoms with Gasteiger partial charge in [0.25, 0.3) is 0 Å². The summed E-state index contributed by atoms with van der Waals surface area (Å²) in [5, 5.41) is 3.13. The zero-order valence-corrected chi connectivity index (χ0v) is 14.2. The highest BCUT2D eigenvalue weighted by molar-refractivity contribution is 5.85. The van der Waals surface area contributed by atoms with Crippen LogP contribution in [-0.4, -0.2) is 19.1 Å². The third-order valence-electron chi connectivity index (χ3n) is 4.43. The molecule has 4 nitrogen and oxygen atoms in total. The summed E-state index contributed by atoms with van der Waals surface area (Å²) in [6, 6.07) is 8.12. The average molecular weight is 327 g/mol. The number of amides is 1. The van der Waals surface area contributed by atoms with Crippen molar-refractivity contribution in [2.75, 3.05) is 7.11 Å². The predicted molar refractivity (Wildman–Crippen MR) is 91.4 cm³/mol. The number of rotatable bonds is 6. The largest absolute Gasteiger partial charge is 0.497 e. The number of nitrogens with one attached hydrogen (secondary N) is 1. The summed E-state index contributed by atoms with van der Waals surface area (Å²) < 4.78 is 5.16. The molecule has 2 rings (SSSR count). The predicted octanol–water partition coefficient (Wildman–Crippen LogP) is 3.20. The minimum atomic E-state index is 0. The molecule has 3 N–H and O–H groups in total. The van der Waals surface area contributed by atoms with Crippen molar-refractivity contribution in [1.29, 1.82) is 0 Å². The van der Waals surface area contributed by atoms with Crippen LogP contribution in [0.15, 0.2) is 24.3 Å². The van der Waals surface area contributed by atoms with Gasteiger partial charge in [0.05, 0.1) is 13.2 Å². The van der Waals surface area contributed by atoms with Crippen LogP contribution in [0.5, 0.6) is 5.75 Å². The van der Waals surface area contributed by atoms with E-state index in [0.717, 1.165) is 37.0 Å². The molecule has 0 bridgehead atoms. The second-order valence-corrected chi connectivity index (χ2v) is 5.86. The van der Waals surface area contributed by atoms with Crippen molar-refractivity contribution in [2.45, 2.75) is 51.1 Å². The third-order valence-corrected chi connectivity index (χ3v) is 4.43. The summed E-state index contributed by atoms with van der Waals surface area (Å²) in [5.74, 6) is 1.29. The minimum Gasteiger partial charge on any atom is -0.497 e. The number of halogens is 1. The first kappa shape index (κ1) is 18.8. The first-order valence-corrected chi connectivity index (χ1v) is 7.83. The molecule has 0 saturated heterocycles. The maximum Gasteiger partial charge on any atom is 0.220 e. The van der Waals surface area contributed by atoms with E-state index >= 15 is 0 Å². The van der Waals surface area contributed by atoms with E-state index in [1.165, 1.54) is 0 Å². The molecule has 0 heterocycles. The molecule has 1 aliphatic carbocycles. The topological polar surface area (TPSA) is 64.4 Å². The maximum atomic E-state index is 12.2. The summed E-state index contributed by atoms with van der Waals surface area (Å²) >= 11 is 0. The van der Waals surface area contributed by atoms with Crippen molar-refractivity contribution in [3.05, 3.63) is 29.8 Å². The first-order chi connectivity index (χ1) is 10.1. The van der Waals surface area contributed by atoms with Gasteiger partial charge in [0.15, 0.2) is 0 Å². The molecular formula is C17H27ClN2O2. The van der Waals surface area contributed by atoms with Gasteiger partial charge in [-0.25, -0.2) is 0 Å². The first-order valence-electron chi connectivity index (χ1n) is 7.83. The average Bonchev–Trinajstić information content (AvgIpc) is 2.90. The van der Waals surface area contributed by atoms with Crippen LogP contribution in [0, 0.1) is 5.92 Å². The number of hydrogen-bond donors (Lipinski definition) is 2. The summed E-state index contributed by atoms with van der Waals surface area (Å²) in [6.07, 6.45) is 4.69. The highest BCUT2D eigenvalue weighted by Gasteiger charge is 2.26. The Bertz CT molecular complexity index is 464. The Morgan fingerprint density at radius 2 is 2.05 bits per heavy atom. The summed E-state index contributed by atoms with van der Waals surface area (Å²) in [6.45, 7) is 2.08. The number of ether oxygens (including phenoxy) is 1. The fourth-order valence-corrected chi connectivity index (χ4v) is 3.07. The molecule has 1 amide bonds. The van der Waals surface area contributed by atoms with Crippen molar-refractivity contribution in [2.24, 2.45) is 11.7 Å². The van der Waals surface area contributed by atoms with Gasteiger partial charge in [-0.3, -0.25) is 4.79 Å². The lowest BCUT2D eigenvalue weighted by Gasteiger charge is -2.20. The Morgan fingerprint density at radius 1 is 1.36 bits per heavy atom. The second kappa shape index (κ2) is 9.01. The Hall–Kier alpha value is -1.26. The van der Waals surface area contributed by atoms with Gasteiger partial charge in [-0.2, -0.15) is 0 Å². The lowest BCUT2D eigenvalue weighted by atomic mass is 9.98. The van der Waals surface area contributed by atoms with E-state index in [2.05, 4.69) is 12.2 Å². The smallest absolute Gasteiger partial charge is 0.220 e. The SMILES string of the molecule is CCC(NC(=O)C[C@@H]1CCC[C@H]1N)c1ccc(OC)cc1.Cl. The minimum absolute atomic E-state index is 0. The van der Waals surface area contributed by atoms with E-state index in [0.29, 0.717) is 12.3 Å². The van der Waals surface area contributed by atoms with Gasteiger partial charge in [0.1, 0.15) is 5.75 Å². The molecule has 0 radical (unpaired) electrons. The van der Waals surface area contributed by atoms with Crippen molar-refractivity contribution < 1.29 is 9.53 Å². The molecule has 22 heavy (non-hydrogen) atoms. The molecule has 1 fully saturated rings. The van der Waals surface area contributed by atoms with Crippen LogP contribution in [0.3, 0.4) is 0 Å². The molecule has 1 saturated carbocycles. The molecule has 3 atom stereocenters. The van der Waals surface area contributed by atoms with E-state index in [4.69, 9.17) is 10.5 Å². The zero-order chi connectivity index (χ0) is 15.2. The number of methoxy groups -OCH3 is 1. The number of hydrogen-bond acceptors (Lipinski definition) is 3. The Morgan fingerprint density at radius 3 is 2.55 bits per heavy atom. The van der Waals surface area contributed by atoms with E-state index < -0.39 is 0 Å². The lowest BCUT2D eigenvalue weighted by molar-refractivity contribution is -0.122. The molecule has 0 aliphatic heterocycles. The van der Waals surface area contributed by atoms with Gasteiger partial charge < -0.3 is 15.8 Å². The summed E-state index contributed by atoms with van der Waals surface area (Å²) in [4.78, 5) is 12.2. The van der Waals surface area contributed by atoms with Crippen LogP contribution in [0.25, 0.3) is 0 Å². The number of carbonyl (C=O) groups is 1. The zero-order valence-electron chi connectivity index (χ0n) is 13.4. The van der Waals surface area contributed by atoms with Crippen LogP contribution in [-0.2, 0) is 4.79 Å². The number of benzene rings is 1. The van der Waals surface area contributed by atoms with Crippen molar-refractivity contribution in [3.63, 3.8) is 0 Å². The maximum absolute atomic E-state index is 12.2. The quantitative estimate of drug-likeness (QED) is 0.843. The highest BCUT2D eigenvalue weighted by Crippen LogP contribution is 2.27. The van der Waals surface area contributed by atoms with Crippen LogP contribution < -0.4 is 15.8 Å².